The number of aryl methyl sites for hydroxylation is 1. The first-order valence-corrected chi connectivity index (χ1v) is 7.10. The van der Waals surface area contributed by atoms with Gasteiger partial charge in [0.1, 0.15) is 5.01 Å². The monoisotopic (exact) mass is 292 g/mol. The summed E-state index contributed by atoms with van der Waals surface area (Å²) < 4.78 is 0. The van der Waals surface area contributed by atoms with Crippen LogP contribution in [0.15, 0.2) is 24.4 Å². The molecule has 2 rings (SSSR count). The Hall–Kier alpha value is -2.08. The highest BCUT2D eigenvalue weighted by Gasteiger charge is 2.15. The van der Waals surface area contributed by atoms with E-state index in [2.05, 4.69) is 17.2 Å². The van der Waals surface area contributed by atoms with Gasteiger partial charge in [0.25, 0.3) is 5.91 Å². The van der Waals surface area contributed by atoms with Crippen LogP contribution in [0.1, 0.15) is 40.1 Å². The van der Waals surface area contributed by atoms with E-state index >= 15 is 0 Å². The van der Waals surface area contributed by atoms with E-state index in [4.69, 9.17) is 0 Å². The molecule has 0 fully saturated rings. The summed E-state index contributed by atoms with van der Waals surface area (Å²) in [4.78, 5) is 17.5. The Balaban J connectivity index is 2.08. The molecule has 0 aliphatic rings. The lowest BCUT2D eigenvalue weighted by Gasteiger charge is -2.11. The van der Waals surface area contributed by atoms with E-state index in [9.17, 15) is 15.0 Å². The van der Waals surface area contributed by atoms with Crippen molar-refractivity contribution < 1.29 is 15.0 Å². The molecule has 0 spiro atoms. The predicted molar refractivity (Wildman–Crippen MR) is 77.1 cm³/mol. The molecule has 106 valence electrons. The van der Waals surface area contributed by atoms with E-state index in [1.165, 1.54) is 23.1 Å². The van der Waals surface area contributed by atoms with Crippen molar-refractivity contribution in [2.75, 3.05) is 0 Å². The Labute approximate surface area is 120 Å². The molecule has 0 saturated carbocycles. The van der Waals surface area contributed by atoms with E-state index in [0.29, 0.717) is 5.56 Å². The molecule has 0 bridgehead atoms. The van der Waals surface area contributed by atoms with Crippen LogP contribution < -0.4 is 5.32 Å². The largest absolute Gasteiger partial charge is 0.504 e. The van der Waals surface area contributed by atoms with Gasteiger partial charge in [-0.2, -0.15) is 0 Å². The summed E-state index contributed by atoms with van der Waals surface area (Å²) in [6.45, 7) is 3.91. The second kappa shape index (κ2) is 5.92. The van der Waals surface area contributed by atoms with Crippen LogP contribution in [0.2, 0.25) is 0 Å². The molecule has 0 radical (unpaired) electrons. The van der Waals surface area contributed by atoms with Crippen molar-refractivity contribution in [3.8, 4) is 11.5 Å². The van der Waals surface area contributed by atoms with Crippen LogP contribution in [-0.4, -0.2) is 21.1 Å². The number of nitrogens with one attached hydrogen (secondary N) is 1. The second-order valence-electron chi connectivity index (χ2n) is 4.42. The Morgan fingerprint density at radius 2 is 2.15 bits per heavy atom. The Kier molecular flexibility index (Phi) is 4.24. The zero-order valence-corrected chi connectivity index (χ0v) is 12.1. The molecular formula is C14H16N2O3S. The fourth-order valence-electron chi connectivity index (χ4n) is 1.69. The molecule has 1 aromatic carbocycles. The molecule has 1 heterocycles. The van der Waals surface area contributed by atoms with E-state index in [-0.39, 0.29) is 23.4 Å². The first-order chi connectivity index (χ1) is 9.51. The van der Waals surface area contributed by atoms with Gasteiger partial charge in [0.05, 0.1) is 6.04 Å². The minimum Gasteiger partial charge on any atom is -0.504 e. The molecule has 1 amide bonds. The average Bonchev–Trinajstić information content (AvgIpc) is 2.90. The van der Waals surface area contributed by atoms with Crippen molar-refractivity contribution in [1.29, 1.82) is 0 Å². The minimum atomic E-state index is -0.318. The fraction of sp³-hybridized carbons (Fsp3) is 0.286. The molecule has 0 aliphatic carbocycles. The quantitative estimate of drug-likeness (QED) is 0.756. The van der Waals surface area contributed by atoms with Gasteiger partial charge in [-0.3, -0.25) is 4.79 Å². The number of aromatic hydroxyl groups is 2. The van der Waals surface area contributed by atoms with Crippen LogP contribution in [0, 0.1) is 0 Å². The molecule has 0 saturated heterocycles. The van der Waals surface area contributed by atoms with Gasteiger partial charge in [-0.1, -0.05) is 6.92 Å². The van der Waals surface area contributed by atoms with Gasteiger partial charge in [-0.05, 0) is 31.5 Å². The minimum absolute atomic E-state index is 0.205. The van der Waals surface area contributed by atoms with Crippen molar-refractivity contribution in [2.45, 2.75) is 26.3 Å². The van der Waals surface area contributed by atoms with E-state index < -0.39 is 0 Å². The predicted octanol–water partition coefficient (Wildman–Crippen LogP) is 2.61. The van der Waals surface area contributed by atoms with Gasteiger partial charge < -0.3 is 15.5 Å². The third-order valence-corrected chi connectivity index (χ3v) is 4.20. The van der Waals surface area contributed by atoms with E-state index in [1.54, 1.807) is 11.3 Å². The molecule has 0 aliphatic heterocycles. The number of carbonyl (C=O) groups is 1. The van der Waals surface area contributed by atoms with Crippen LogP contribution in [-0.2, 0) is 6.42 Å². The summed E-state index contributed by atoms with van der Waals surface area (Å²) in [6.07, 6.45) is 2.74. The smallest absolute Gasteiger partial charge is 0.251 e. The van der Waals surface area contributed by atoms with Gasteiger partial charge in [0, 0.05) is 16.6 Å². The first kappa shape index (κ1) is 14.3. The average molecular weight is 292 g/mol. The van der Waals surface area contributed by atoms with Crippen LogP contribution in [0.4, 0.5) is 0 Å². The van der Waals surface area contributed by atoms with Crippen LogP contribution >= 0.6 is 11.3 Å². The second-order valence-corrected chi connectivity index (χ2v) is 5.56. The normalized spacial score (nSPS) is 12.1. The van der Waals surface area contributed by atoms with Crippen molar-refractivity contribution >= 4 is 17.2 Å². The Bertz CT molecular complexity index is 625. The maximum Gasteiger partial charge on any atom is 0.251 e. The molecule has 1 aromatic heterocycles. The summed E-state index contributed by atoms with van der Waals surface area (Å²) in [5.74, 6) is -0.879. The molecule has 1 atom stereocenters. The van der Waals surface area contributed by atoms with Gasteiger partial charge >= 0.3 is 0 Å². The van der Waals surface area contributed by atoms with Gasteiger partial charge in [0.15, 0.2) is 11.5 Å². The Morgan fingerprint density at radius 3 is 2.75 bits per heavy atom. The summed E-state index contributed by atoms with van der Waals surface area (Å²) in [5, 5.41) is 22.3. The molecule has 1 unspecified atom stereocenters. The molecule has 2 aromatic rings. The number of phenolic OH excluding ortho intramolecular Hbond substituents is 2. The third kappa shape index (κ3) is 3.08. The SMILES string of the molecule is CCc1cnc(C(C)NC(=O)c2ccc(O)c(O)c2)s1. The lowest BCUT2D eigenvalue weighted by molar-refractivity contribution is 0.0939. The van der Waals surface area contributed by atoms with Crippen molar-refractivity contribution in [3.05, 3.63) is 39.8 Å². The van der Waals surface area contributed by atoms with E-state index in [0.717, 1.165) is 11.4 Å². The lowest BCUT2D eigenvalue weighted by atomic mass is 10.2. The third-order valence-electron chi connectivity index (χ3n) is 2.88. The van der Waals surface area contributed by atoms with Crippen molar-refractivity contribution in [1.82, 2.24) is 10.3 Å². The number of aromatic nitrogens is 1. The van der Waals surface area contributed by atoms with Gasteiger partial charge in [-0.25, -0.2) is 4.98 Å². The maximum absolute atomic E-state index is 12.0. The number of thiazole rings is 1. The molecule has 3 N–H and O–H groups in total. The van der Waals surface area contributed by atoms with Crippen LogP contribution in [0.5, 0.6) is 11.5 Å². The van der Waals surface area contributed by atoms with Crippen molar-refractivity contribution in [2.24, 2.45) is 0 Å². The topological polar surface area (TPSA) is 82.5 Å². The van der Waals surface area contributed by atoms with E-state index in [1.807, 2.05) is 13.1 Å². The number of nitrogens with zero attached hydrogens (tertiary/aromatic N) is 1. The zero-order valence-electron chi connectivity index (χ0n) is 11.3. The van der Waals surface area contributed by atoms with Gasteiger partial charge in [-0.15, -0.1) is 11.3 Å². The molecule has 20 heavy (non-hydrogen) atoms. The summed E-state index contributed by atoms with van der Waals surface area (Å²) in [5.41, 5.74) is 0.291. The summed E-state index contributed by atoms with van der Waals surface area (Å²) >= 11 is 1.57. The highest BCUT2D eigenvalue weighted by molar-refractivity contribution is 7.11. The summed E-state index contributed by atoms with van der Waals surface area (Å²) in [6, 6.07) is 3.77. The highest BCUT2D eigenvalue weighted by Crippen LogP contribution is 2.25. The molecule has 5 nitrogen and oxygen atoms in total. The number of hydrogen-bond acceptors (Lipinski definition) is 5. The van der Waals surface area contributed by atoms with Crippen LogP contribution in [0.3, 0.4) is 0 Å². The van der Waals surface area contributed by atoms with Crippen LogP contribution in [0.25, 0.3) is 0 Å². The number of benzene rings is 1. The molecular weight excluding hydrogens is 276 g/mol. The fourth-order valence-corrected chi connectivity index (χ4v) is 2.55. The first-order valence-electron chi connectivity index (χ1n) is 6.28. The summed E-state index contributed by atoms with van der Waals surface area (Å²) in [7, 11) is 0. The standard InChI is InChI=1S/C14H16N2O3S/c1-3-10-7-15-14(20-10)8(2)16-13(19)9-4-5-11(17)12(18)6-9/h4-8,17-18H,3H2,1-2H3,(H,16,19). The number of carbonyl (C=O) groups excluding carboxylic acids is 1. The van der Waals surface area contributed by atoms with Gasteiger partial charge in [0.2, 0.25) is 0 Å². The Morgan fingerprint density at radius 1 is 1.40 bits per heavy atom. The zero-order chi connectivity index (χ0) is 14.7. The molecule has 6 heteroatoms. The maximum atomic E-state index is 12.0. The lowest BCUT2D eigenvalue weighted by Crippen LogP contribution is -2.26. The van der Waals surface area contributed by atoms with Crippen molar-refractivity contribution in [3.63, 3.8) is 0 Å². The highest BCUT2D eigenvalue weighted by atomic mass is 32.1. The number of rotatable bonds is 4. The number of phenols is 2. The number of amides is 1. The number of hydrogen-bond donors (Lipinski definition) is 3.